The molecule has 6 nitrogen and oxygen atoms in total. The standard InChI is InChI=1S/C19H28N6/c1-14-5-2-3-9-24(14)11-15-6-4-10-25(12-15)19-16-7-8-17(20)23-18(16)21-13-22-19/h7-8,13-15H,2-6,9-12H2,1H3,(H2,20,21,22,23)/t14-,15-/m0/s1. The van der Waals surface area contributed by atoms with Crippen LogP contribution in [-0.2, 0) is 0 Å². The Hall–Kier alpha value is -1.95. The van der Waals surface area contributed by atoms with E-state index in [4.69, 9.17) is 5.73 Å². The third-order valence-corrected chi connectivity index (χ3v) is 5.75. The summed E-state index contributed by atoms with van der Waals surface area (Å²) in [4.78, 5) is 18.3. The number of nitrogens with two attached hydrogens (primary N) is 1. The molecule has 2 saturated heterocycles. The van der Waals surface area contributed by atoms with Crippen molar-refractivity contribution >= 4 is 22.7 Å². The zero-order valence-electron chi connectivity index (χ0n) is 15.1. The Morgan fingerprint density at radius 3 is 2.92 bits per heavy atom. The molecule has 0 bridgehead atoms. The van der Waals surface area contributed by atoms with Gasteiger partial charge in [0.15, 0.2) is 5.65 Å². The number of hydrogen-bond acceptors (Lipinski definition) is 6. The quantitative estimate of drug-likeness (QED) is 0.926. The van der Waals surface area contributed by atoms with Crippen LogP contribution in [0.15, 0.2) is 18.5 Å². The van der Waals surface area contributed by atoms with Crippen molar-refractivity contribution in [2.75, 3.05) is 36.8 Å². The minimum absolute atomic E-state index is 0.507. The van der Waals surface area contributed by atoms with Crippen molar-refractivity contribution in [2.45, 2.75) is 45.1 Å². The van der Waals surface area contributed by atoms with E-state index in [2.05, 4.69) is 31.7 Å². The number of pyridine rings is 1. The maximum atomic E-state index is 5.80. The highest BCUT2D eigenvalue weighted by Gasteiger charge is 2.27. The second-order valence-electron chi connectivity index (χ2n) is 7.60. The van der Waals surface area contributed by atoms with Crippen LogP contribution >= 0.6 is 0 Å². The summed E-state index contributed by atoms with van der Waals surface area (Å²) in [6.07, 6.45) is 8.23. The largest absolute Gasteiger partial charge is 0.384 e. The molecule has 0 saturated carbocycles. The number of anilines is 2. The molecule has 2 fully saturated rings. The van der Waals surface area contributed by atoms with Crippen LogP contribution in [-0.4, -0.2) is 52.1 Å². The van der Waals surface area contributed by atoms with Crippen molar-refractivity contribution in [3.8, 4) is 0 Å². The lowest BCUT2D eigenvalue weighted by molar-refractivity contribution is 0.130. The highest BCUT2D eigenvalue weighted by Crippen LogP contribution is 2.28. The van der Waals surface area contributed by atoms with Crippen LogP contribution in [0.5, 0.6) is 0 Å². The lowest BCUT2D eigenvalue weighted by Gasteiger charge is -2.40. The molecule has 0 amide bonds. The van der Waals surface area contributed by atoms with Gasteiger partial charge in [-0.25, -0.2) is 15.0 Å². The van der Waals surface area contributed by atoms with Gasteiger partial charge in [-0.3, -0.25) is 0 Å². The fourth-order valence-corrected chi connectivity index (χ4v) is 4.36. The predicted molar refractivity (Wildman–Crippen MR) is 102 cm³/mol. The second kappa shape index (κ2) is 7.12. The maximum Gasteiger partial charge on any atom is 0.166 e. The molecule has 2 aromatic heterocycles. The summed E-state index contributed by atoms with van der Waals surface area (Å²) in [5.74, 6) is 2.22. The molecular formula is C19H28N6. The molecule has 4 heterocycles. The molecule has 0 aliphatic carbocycles. The number of piperidine rings is 2. The number of fused-ring (bicyclic) bond motifs is 1. The molecule has 0 aromatic carbocycles. The van der Waals surface area contributed by atoms with Crippen LogP contribution in [0.2, 0.25) is 0 Å². The lowest BCUT2D eigenvalue weighted by Crippen LogP contribution is -2.45. The fraction of sp³-hybridized carbons (Fsp3) is 0.632. The molecule has 4 rings (SSSR count). The van der Waals surface area contributed by atoms with Crippen LogP contribution in [0.3, 0.4) is 0 Å². The average Bonchev–Trinajstić information content (AvgIpc) is 2.63. The molecule has 0 unspecified atom stereocenters. The van der Waals surface area contributed by atoms with Crippen molar-refractivity contribution in [1.29, 1.82) is 0 Å². The number of likely N-dealkylation sites (tertiary alicyclic amines) is 1. The van der Waals surface area contributed by atoms with E-state index in [1.54, 1.807) is 6.33 Å². The van der Waals surface area contributed by atoms with E-state index in [-0.39, 0.29) is 0 Å². The summed E-state index contributed by atoms with van der Waals surface area (Å²) < 4.78 is 0. The molecule has 134 valence electrons. The van der Waals surface area contributed by atoms with E-state index in [1.165, 1.54) is 45.2 Å². The fourth-order valence-electron chi connectivity index (χ4n) is 4.36. The minimum atomic E-state index is 0.507. The Morgan fingerprint density at radius 1 is 1.12 bits per heavy atom. The Labute approximate surface area is 149 Å². The SMILES string of the molecule is C[C@H]1CCCCN1C[C@@H]1CCCN(c2ncnc3nc(N)ccc23)C1. The number of nitrogens with zero attached hydrogens (tertiary/aromatic N) is 5. The molecule has 25 heavy (non-hydrogen) atoms. The van der Waals surface area contributed by atoms with E-state index in [0.29, 0.717) is 17.4 Å². The average molecular weight is 340 g/mol. The van der Waals surface area contributed by atoms with Crippen molar-refractivity contribution < 1.29 is 0 Å². The first-order chi connectivity index (χ1) is 12.2. The smallest absolute Gasteiger partial charge is 0.166 e. The normalized spacial score (nSPS) is 25.4. The number of hydrogen-bond donors (Lipinski definition) is 1. The van der Waals surface area contributed by atoms with Gasteiger partial charge in [-0.15, -0.1) is 0 Å². The monoisotopic (exact) mass is 340 g/mol. The van der Waals surface area contributed by atoms with E-state index < -0.39 is 0 Å². The van der Waals surface area contributed by atoms with Gasteiger partial charge in [0, 0.05) is 25.7 Å². The first-order valence-corrected chi connectivity index (χ1v) is 9.57. The summed E-state index contributed by atoms with van der Waals surface area (Å²) in [6.45, 7) is 6.99. The Kier molecular flexibility index (Phi) is 4.70. The van der Waals surface area contributed by atoms with Gasteiger partial charge in [-0.2, -0.15) is 0 Å². The van der Waals surface area contributed by atoms with Gasteiger partial charge in [0.05, 0.1) is 5.39 Å². The van der Waals surface area contributed by atoms with Gasteiger partial charge in [0.2, 0.25) is 0 Å². The van der Waals surface area contributed by atoms with Crippen LogP contribution in [0.25, 0.3) is 11.0 Å². The van der Waals surface area contributed by atoms with Crippen molar-refractivity contribution in [1.82, 2.24) is 19.9 Å². The van der Waals surface area contributed by atoms with Gasteiger partial charge in [-0.05, 0) is 57.2 Å². The number of nitrogen functional groups attached to an aromatic ring is 1. The molecule has 2 aromatic rings. The van der Waals surface area contributed by atoms with Crippen molar-refractivity contribution in [3.05, 3.63) is 18.5 Å². The molecule has 2 atom stereocenters. The van der Waals surface area contributed by atoms with Crippen LogP contribution in [0, 0.1) is 5.92 Å². The summed E-state index contributed by atoms with van der Waals surface area (Å²) in [5, 5.41) is 1.00. The summed E-state index contributed by atoms with van der Waals surface area (Å²) in [5.41, 5.74) is 6.49. The van der Waals surface area contributed by atoms with E-state index in [1.807, 2.05) is 12.1 Å². The first-order valence-electron chi connectivity index (χ1n) is 9.57. The molecule has 6 heteroatoms. The lowest BCUT2D eigenvalue weighted by atomic mass is 9.94. The topological polar surface area (TPSA) is 71.2 Å². The zero-order valence-corrected chi connectivity index (χ0v) is 15.1. The van der Waals surface area contributed by atoms with Crippen molar-refractivity contribution in [2.24, 2.45) is 5.92 Å². The Bertz CT molecular complexity index is 733. The Balaban J connectivity index is 1.51. The van der Waals surface area contributed by atoms with Crippen LogP contribution in [0.1, 0.15) is 39.0 Å². The first kappa shape index (κ1) is 16.5. The molecule has 2 N–H and O–H groups in total. The Morgan fingerprint density at radius 2 is 2.04 bits per heavy atom. The summed E-state index contributed by atoms with van der Waals surface area (Å²) >= 11 is 0. The second-order valence-corrected chi connectivity index (χ2v) is 7.60. The van der Waals surface area contributed by atoms with Gasteiger partial charge < -0.3 is 15.5 Å². The van der Waals surface area contributed by atoms with E-state index in [9.17, 15) is 0 Å². The molecule has 2 aliphatic heterocycles. The van der Waals surface area contributed by atoms with Gasteiger partial charge in [0.1, 0.15) is 18.0 Å². The highest BCUT2D eigenvalue weighted by molar-refractivity contribution is 5.87. The molecule has 0 spiro atoms. The summed E-state index contributed by atoms with van der Waals surface area (Å²) in [7, 11) is 0. The van der Waals surface area contributed by atoms with Gasteiger partial charge >= 0.3 is 0 Å². The predicted octanol–water partition coefficient (Wildman–Crippen LogP) is 2.70. The summed E-state index contributed by atoms with van der Waals surface area (Å²) in [6, 6.07) is 4.58. The van der Waals surface area contributed by atoms with Crippen LogP contribution in [0.4, 0.5) is 11.6 Å². The van der Waals surface area contributed by atoms with E-state index in [0.717, 1.165) is 30.3 Å². The molecule has 0 radical (unpaired) electrons. The van der Waals surface area contributed by atoms with Gasteiger partial charge in [0.25, 0.3) is 0 Å². The molecule has 2 aliphatic rings. The maximum absolute atomic E-state index is 5.80. The minimum Gasteiger partial charge on any atom is -0.384 e. The molecular weight excluding hydrogens is 312 g/mol. The highest BCUT2D eigenvalue weighted by atomic mass is 15.2. The van der Waals surface area contributed by atoms with Crippen LogP contribution < -0.4 is 10.6 Å². The zero-order chi connectivity index (χ0) is 17.2. The van der Waals surface area contributed by atoms with Crippen molar-refractivity contribution in [3.63, 3.8) is 0 Å². The third kappa shape index (κ3) is 3.54. The third-order valence-electron chi connectivity index (χ3n) is 5.75. The van der Waals surface area contributed by atoms with E-state index >= 15 is 0 Å². The number of rotatable bonds is 3. The van der Waals surface area contributed by atoms with Gasteiger partial charge in [-0.1, -0.05) is 6.42 Å². The number of aromatic nitrogens is 3.